The lowest BCUT2D eigenvalue weighted by molar-refractivity contribution is 0.0267. The second-order valence-electron chi connectivity index (χ2n) is 7.48. The Morgan fingerprint density at radius 2 is 2.12 bits per heavy atom. The number of nitrogen functional groups attached to an aromatic ring is 1. The third-order valence-electron chi connectivity index (χ3n) is 5.25. The van der Waals surface area contributed by atoms with Crippen molar-refractivity contribution < 1.29 is 22.7 Å². The number of nitrogens with two attached hydrogens (primary N) is 2. The number of carbonyl (C=O) groups is 1. The van der Waals surface area contributed by atoms with Crippen molar-refractivity contribution in [2.75, 3.05) is 17.7 Å². The van der Waals surface area contributed by atoms with E-state index in [-0.39, 0.29) is 27.9 Å². The summed E-state index contributed by atoms with van der Waals surface area (Å²) in [5, 5.41) is 9.81. The third kappa shape index (κ3) is 4.20. The lowest BCUT2D eigenvalue weighted by Gasteiger charge is -2.15. The molecule has 0 radical (unpaired) electrons. The minimum Gasteiger partial charge on any atom is -0.389 e. The van der Waals surface area contributed by atoms with E-state index in [1.165, 1.54) is 12.1 Å². The quantitative estimate of drug-likeness (QED) is 0.466. The Labute approximate surface area is 185 Å². The predicted octanol–water partition coefficient (Wildman–Crippen LogP) is 3.47. The number of anilines is 2. The molecule has 3 heterocycles. The maximum Gasteiger partial charge on any atom is 0.277 e. The molecule has 8 nitrogen and oxygen atoms in total. The number of rotatable bonds is 4. The number of thiazole rings is 1. The van der Waals surface area contributed by atoms with E-state index in [1.807, 2.05) is 0 Å². The molecule has 0 bridgehead atoms. The average Bonchev–Trinajstić information content (AvgIpc) is 3.27. The first-order valence-corrected chi connectivity index (χ1v) is 10.7. The molecular weight excluding hydrogens is 445 g/mol. The first kappa shape index (κ1) is 22.2. The second kappa shape index (κ2) is 8.88. The van der Waals surface area contributed by atoms with Crippen LogP contribution in [0.4, 0.5) is 23.9 Å². The molecular formula is C20H21F3N6O2S. The average molecular weight is 466 g/mol. The van der Waals surface area contributed by atoms with E-state index in [1.54, 1.807) is 6.92 Å². The topological polar surface area (TPSA) is 132 Å². The molecule has 170 valence electrons. The molecule has 3 atom stereocenters. The molecule has 1 saturated heterocycles. The maximum atomic E-state index is 14.1. The van der Waals surface area contributed by atoms with Crippen LogP contribution in [0, 0.1) is 18.6 Å². The molecule has 2 unspecified atom stereocenters. The van der Waals surface area contributed by atoms with Crippen LogP contribution in [0.15, 0.2) is 18.2 Å². The minimum absolute atomic E-state index is 0.0424. The number of nitrogens with one attached hydrogen (secondary N) is 2. The summed E-state index contributed by atoms with van der Waals surface area (Å²) in [7, 11) is 0. The van der Waals surface area contributed by atoms with E-state index in [2.05, 4.69) is 20.5 Å². The highest BCUT2D eigenvalue weighted by Crippen LogP contribution is 2.35. The van der Waals surface area contributed by atoms with Crippen LogP contribution in [0.1, 0.15) is 40.8 Å². The SMILES string of the molecule is Cc1[nH]nc(C2CCC(N)[C@@H](F)CO2)c1NC(=O)c1nc(-c2cccc(F)c2F)sc1N. The number of benzene rings is 1. The fourth-order valence-corrected chi connectivity index (χ4v) is 4.29. The van der Waals surface area contributed by atoms with Crippen LogP contribution >= 0.6 is 11.3 Å². The molecule has 4 rings (SSSR count). The van der Waals surface area contributed by atoms with Crippen LogP contribution in [-0.2, 0) is 4.74 Å². The molecule has 1 fully saturated rings. The Kier molecular flexibility index (Phi) is 6.17. The fraction of sp³-hybridized carbons (Fsp3) is 0.350. The number of halogens is 3. The number of alkyl halides is 1. The van der Waals surface area contributed by atoms with Crippen molar-refractivity contribution >= 4 is 27.9 Å². The number of nitrogens with zero attached hydrogens (tertiary/aromatic N) is 2. The molecule has 3 aromatic rings. The van der Waals surface area contributed by atoms with E-state index >= 15 is 0 Å². The van der Waals surface area contributed by atoms with Crippen LogP contribution in [0.25, 0.3) is 10.6 Å². The third-order valence-corrected chi connectivity index (χ3v) is 6.17. The van der Waals surface area contributed by atoms with Gasteiger partial charge >= 0.3 is 0 Å². The Morgan fingerprint density at radius 3 is 2.91 bits per heavy atom. The van der Waals surface area contributed by atoms with Gasteiger partial charge in [-0.3, -0.25) is 9.89 Å². The molecule has 1 amide bonds. The summed E-state index contributed by atoms with van der Waals surface area (Å²) in [4.78, 5) is 17.0. The summed E-state index contributed by atoms with van der Waals surface area (Å²) >= 11 is 0.866. The zero-order valence-corrected chi connectivity index (χ0v) is 17.8. The van der Waals surface area contributed by atoms with E-state index < -0.39 is 35.9 Å². The number of aromatic amines is 1. The molecule has 2 aromatic heterocycles. The van der Waals surface area contributed by atoms with Gasteiger partial charge in [-0.15, -0.1) is 0 Å². The number of carbonyl (C=O) groups excluding carboxylic acids is 1. The van der Waals surface area contributed by atoms with Gasteiger partial charge < -0.3 is 21.5 Å². The Bertz CT molecular complexity index is 1140. The number of hydrogen-bond donors (Lipinski definition) is 4. The smallest absolute Gasteiger partial charge is 0.277 e. The highest BCUT2D eigenvalue weighted by Gasteiger charge is 2.30. The van der Waals surface area contributed by atoms with Crippen LogP contribution in [0.3, 0.4) is 0 Å². The van der Waals surface area contributed by atoms with E-state index in [9.17, 15) is 18.0 Å². The Balaban J connectivity index is 1.59. The standard InChI is InChI=1S/C20H21F3N6O2S/c1-8-15(16(29-28-8)13-6-5-12(24)11(22)7-31-13)26-19(30)17-18(25)32-20(27-17)9-3-2-4-10(21)14(9)23/h2-4,11-13H,5-7,24-25H2,1H3,(H,26,30)(H,28,29)/t11-,12?,13?/m0/s1. The number of amides is 1. The molecule has 0 saturated carbocycles. The van der Waals surface area contributed by atoms with Crippen LogP contribution < -0.4 is 16.8 Å². The molecule has 1 aromatic carbocycles. The van der Waals surface area contributed by atoms with Crippen LogP contribution in [0.5, 0.6) is 0 Å². The van der Waals surface area contributed by atoms with Crippen molar-refractivity contribution in [3.8, 4) is 10.6 Å². The van der Waals surface area contributed by atoms with Crippen LogP contribution in [0.2, 0.25) is 0 Å². The second-order valence-corrected chi connectivity index (χ2v) is 8.51. The molecule has 32 heavy (non-hydrogen) atoms. The van der Waals surface area contributed by atoms with Gasteiger partial charge in [-0.25, -0.2) is 18.2 Å². The highest BCUT2D eigenvalue weighted by atomic mass is 32.1. The molecule has 0 aliphatic carbocycles. The van der Waals surface area contributed by atoms with Gasteiger partial charge in [-0.05, 0) is 31.9 Å². The number of ether oxygens (including phenoxy) is 1. The Morgan fingerprint density at radius 1 is 1.34 bits per heavy atom. The largest absolute Gasteiger partial charge is 0.389 e. The fourth-order valence-electron chi connectivity index (χ4n) is 3.45. The van der Waals surface area contributed by atoms with Crippen molar-refractivity contribution in [1.29, 1.82) is 0 Å². The normalized spacial score (nSPS) is 21.3. The first-order valence-electron chi connectivity index (χ1n) is 9.84. The molecule has 6 N–H and O–H groups in total. The summed E-state index contributed by atoms with van der Waals surface area (Å²) in [6.07, 6.45) is -1.02. The van der Waals surface area contributed by atoms with Gasteiger partial charge in [0, 0.05) is 11.6 Å². The Hall–Kier alpha value is -2.96. The van der Waals surface area contributed by atoms with Gasteiger partial charge in [0.2, 0.25) is 0 Å². The van der Waals surface area contributed by atoms with Crippen molar-refractivity contribution in [1.82, 2.24) is 15.2 Å². The van der Waals surface area contributed by atoms with Gasteiger partial charge in [0.1, 0.15) is 28.0 Å². The van der Waals surface area contributed by atoms with E-state index in [4.69, 9.17) is 16.2 Å². The van der Waals surface area contributed by atoms with Gasteiger partial charge in [-0.2, -0.15) is 5.10 Å². The van der Waals surface area contributed by atoms with Crippen molar-refractivity contribution in [2.24, 2.45) is 5.73 Å². The first-order chi connectivity index (χ1) is 15.3. The van der Waals surface area contributed by atoms with Gasteiger partial charge in [0.05, 0.1) is 18.0 Å². The van der Waals surface area contributed by atoms with Gasteiger partial charge in [0.25, 0.3) is 5.91 Å². The van der Waals surface area contributed by atoms with Crippen molar-refractivity contribution in [3.63, 3.8) is 0 Å². The van der Waals surface area contributed by atoms with E-state index in [0.29, 0.717) is 29.9 Å². The summed E-state index contributed by atoms with van der Waals surface area (Å²) in [5.41, 5.74) is 12.8. The van der Waals surface area contributed by atoms with Gasteiger partial charge in [0.15, 0.2) is 17.3 Å². The zero-order valence-electron chi connectivity index (χ0n) is 17.0. The summed E-state index contributed by atoms with van der Waals surface area (Å²) < 4.78 is 47.2. The van der Waals surface area contributed by atoms with E-state index in [0.717, 1.165) is 17.4 Å². The number of hydrogen-bond acceptors (Lipinski definition) is 7. The zero-order chi connectivity index (χ0) is 23.0. The van der Waals surface area contributed by atoms with Gasteiger partial charge in [-0.1, -0.05) is 17.4 Å². The van der Waals surface area contributed by atoms with Crippen LogP contribution in [-0.4, -0.2) is 39.9 Å². The molecule has 12 heteroatoms. The molecule has 1 aliphatic heterocycles. The summed E-state index contributed by atoms with van der Waals surface area (Å²) in [5.74, 6) is -2.75. The minimum atomic E-state index is -1.28. The molecule has 1 aliphatic rings. The molecule has 0 spiro atoms. The number of aromatic nitrogens is 3. The van der Waals surface area contributed by atoms with Crippen molar-refractivity contribution in [2.45, 2.75) is 38.1 Å². The summed E-state index contributed by atoms with van der Waals surface area (Å²) in [6, 6.07) is 3.05. The summed E-state index contributed by atoms with van der Waals surface area (Å²) in [6.45, 7) is 1.52. The lowest BCUT2D eigenvalue weighted by Crippen LogP contribution is -2.32. The van der Waals surface area contributed by atoms with Crippen molar-refractivity contribution in [3.05, 3.63) is 46.9 Å². The maximum absolute atomic E-state index is 14.1. The number of aryl methyl sites for hydroxylation is 1. The lowest BCUT2D eigenvalue weighted by atomic mass is 10.0. The predicted molar refractivity (Wildman–Crippen MR) is 114 cm³/mol. The monoisotopic (exact) mass is 466 g/mol. The number of H-pyrrole nitrogens is 1. The highest BCUT2D eigenvalue weighted by molar-refractivity contribution is 7.19.